The second kappa shape index (κ2) is 6.10. The Morgan fingerprint density at radius 3 is 2.48 bits per heavy atom. The van der Waals surface area contributed by atoms with Gasteiger partial charge in [-0.25, -0.2) is 8.42 Å². The van der Waals surface area contributed by atoms with Gasteiger partial charge in [0, 0.05) is 11.7 Å². The molecule has 1 aliphatic rings. The molecule has 1 aromatic rings. The van der Waals surface area contributed by atoms with E-state index in [0.29, 0.717) is 12.8 Å². The first-order chi connectivity index (χ1) is 10.5. The van der Waals surface area contributed by atoms with E-state index in [2.05, 4.69) is 5.32 Å². The number of aliphatic hydroxyl groups is 1. The van der Waals surface area contributed by atoms with Crippen molar-refractivity contribution in [2.24, 2.45) is 11.7 Å². The lowest BCUT2D eigenvalue weighted by molar-refractivity contribution is -0.120. The first kappa shape index (κ1) is 17.7. The molecule has 23 heavy (non-hydrogen) atoms. The summed E-state index contributed by atoms with van der Waals surface area (Å²) in [4.78, 5) is 11.1. The van der Waals surface area contributed by atoms with E-state index in [4.69, 9.17) is 5.73 Å². The first-order valence-electron chi connectivity index (χ1n) is 6.70. The molecule has 6 nitrogen and oxygen atoms in total. The Labute approximate surface area is 130 Å². The zero-order valence-electron chi connectivity index (χ0n) is 11.7. The molecule has 0 radical (unpaired) electrons. The number of nitrogens with one attached hydrogen (secondary N) is 1. The van der Waals surface area contributed by atoms with E-state index >= 15 is 0 Å². The highest BCUT2D eigenvalue weighted by molar-refractivity contribution is 7.92. The van der Waals surface area contributed by atoms with Crippen LogP contribution in [-0.2, 0) is 14.6 Å². The van der Waals surface area contributed by atoms with Crippen LogP contribution in [0.3, 0.4) is 0 Å². The van der Waals surface area contributed by atoms with E-state index < -0.39 is 44.2 Å². The maximum atomic E-state index is 12.5. The van der Waals surface area contributed by atoms with Crippen molar-refractivity contribution >= 4 is 21.4 Å². The molecule has 0 spiro atoms. The molecule has 0 saturated heterocycles. The molecule has 0 unspecified atom stereocenters. The fraction of sp³-hybridized carbons (Fsp3) is 0.462. The van der Waals surface area contributed by atoms with E-state index in [1.807, 2.05) is 0 Å². The van der Waals surface area contributed by atoms with Crippen molar-refractivity contribution in [1.29, 1.82) is 0 Å². The predicted molar refractivity (Wildman–Crippen MR) is 75.0 cm³/mol. The van der Waals surface area contributed by atoms with Crippen LogP contribution in [0, 0.1) is 5.92 Å². The van der Waals surface area contributed by atoms with E-state index in [0.717, 1.165) is 18.2 Å². The third kappa shape index (κ3) is 3.48. The molecule has 1 saturated carbocycles. The lowest BCUT2D eigenvalue weighted by Gasteiger charge is -2.17. The average molecular weight is 352 g/mol. The minimum Gasteiger partial charge on any atom is -0.391 e. The highest BCUT2D eigenvalue weighted by Gasteiger charge is 2.47. The van der Waals surface area contributed by atoms with Crippen LogP contribution in [0.5, 0.6) is 0 Å². The number of nitrogens with two attached hydrogens (primary N) is 1. The molecular formula is C13H15F3N2O4S. The monoisotopic (exact) mass is 352 g/mol. The number of aliphatic hydroxyl groups excluding tert-OH is 1. The molecule has 1 aromatic carbocycles. The van der Waals surface area contributed by atoms with Gasteiger partial charge in [0.2, 0.25) is 5.91 Å². The van der Waals surface area contributed by atoms with Gasteiger partial charge in [-0.05, 0) is 31.0 Å². The molecule has 128 valence electrons. The fourth-order valence-corrected chi connectivity index (χ4v) is 3.23. The Balaban J connectivity index is 2.20. The number of anilines is 1. The summed E-state index contributed by atoms with van der Waals surface area (Å²) in [6.07, 6.45) is -0.126. The molecule has 0 aromatic heterocycles. The van der Waals surface area contributed by atoms with Crippen LogP contribution in [0.4, 0.5) is 18.9 Å². The van der Waals surface area contributed by atoms with Gasteiger partial charge in [-0.1, -0.05) is 6.07 Å². The van der Waals surface area contributed by atoms with Crippen molar-refractivity contribution in [2.75, 3.05) is 5.32 Å². The van der Waals surface area contributed by atoms with Gasteiger partial charge in [0.1, 0.15) is 0 Å². The summed E-state index contributed by atoms with van der Waals surface area (Å²) in [7, 11) is -5.49. The van der Waals surface area contributed by atoms with Crippen LogP contribution in [0.2, 0.25) is 0 Å². The van der Waals surface area contributed by atoms with Gasteiger partial charge in [0.05, 0.1) is 16.9 Å². The van der Waals surface area contributed by atoms with Crippen molar-refractivity contribution < 1.29 is 31.5 Å². The fourth-order valence-electron chi connectivity index (χ4n) is 2.42. The summed E-state index contributed by atoms with van der Waals surface area (Å²) in [5.41, 5.74) is 0.166. The summed E-state index contributed by atoms with van der Waals surface area (Å²) >= 11 is 0. The van der Waals surface area contributed by atoms with Crippen LogP contribution in [0.25, 0.3) is 0 Å². The number of hydrogen-bond acceptors (Lipinski definition) is 5. The Kier molecular flexibility index (Phi) is 4.69. The summed E-state index contributed by atoms with van der Waals surface area (Å²) in [5, 5.41) is 11.9. The number of rotatable bonds is 3. The normalized spacial score (nSPS) is 25.3. The molecular weight excluding hydrogens is 337 g/mol. The number of amides is 1. The zero-order chi connectivity index (χ0) is 17.4. The maximum Gasteiger partial charge on any atom is 0.501 e. The summed E-state index contributed by atoms with van der Waals surface area (Å²) in [5.74, 6) is -1.26. The van der Waals surface area contributed by atoms with Gasteiger partial charge in [-0.2, -0.15) is 13.2 Å². The topological polar surface area (TPSA) is 109 Å². The molecule has 2 rings (SSSR count). The summed E-state index contributed by atoms with van der Waals surface area (Å²) < 4.78 is 60.3. The van der Waals surface area contributed by atoms with Gasteiger partial charge in [-0.15, -0.1) is 0 Å². The van der Waals surface area contributed by atoms with E-state index in [9.17, 15) is 31.5 Å². The second-order valence-electron chi connectivity index (χ2n) is 5.29. The number of alkyl halides is 3. The van der Waals surface area contributed by atoms with Gasteiger partial charge in [0.25, 0.3) is 9.84 Å². The minimum absolute atomic E-state index is 0.0890. The highest BCUT2D eigenvalue weighted by Crippen LogP contribution is 2.32. The number of benzene rings is 1. The Morgan fingerprint density at radius 1 is 1.30 bits per heavy atom. The third-order valence-electron chi connectivity index (χ3n) is 3.74. The van der Waals surface area contributed by atoms with Crippen molar-refractivity contribution in [3.8, 4) is 0 Å². The lowest BCUT2D eigenvalue weighted by Crippen LogP contribution is -2.40. The van der Waals surface area contributed by atoms with Crippen molar-refractivity contribution in [2.45, 2.75) is 35.4 Å². The van der Waals surface area contributed by atoms with Crippen molar-refractivity contribution in [1.82, 2.24) is 0 Å². The van der Waals surface area contributed by atoms with Crippen LogP contribution in [0.1, 0.15) is 12.8 Å². The summed E-state index contributed by atoms with van der Waals surface area (Å²) in [6.45, 7) is 0. The van der Waals surface area contributed by atoms with Crippen LogP contribution in [0.15, 0.2) is 29.2 Å². The first-order valence-corrected chi connectivity index (χ1v) is 8.18. The molecule has 4 N–H and O–H groups in total. The molecule has 10 heteroatoms. The molecule has 0 heterocycles. The van der Waals surface area contributed by atoms with Gasteiger partial charge in [-0.3, -0.25) is 4.79 Å². The van der Waals surface area contributed by atoms with Crippen molar-refractivity contribution in [3.63, 3.8) is 0 Å². The number of sulfone groups is 1. The van der Waals surface area contributed by atoms with Gasteiger partial charge < -0.3 is 16.2 Å². The molecule has 0 aliphatic heterocycles. The zero-order valence-corrected chi connectivity index (χ0v) is 12.6. The van der Waals surface area contributed by atoms with E-state index in [-0.39, 0.29) is 5.69 Å². The van der Waals surface area contributed by atoms with Crippen LogP contribution >= 0.6 is 0 Å². The van der Waals surface area contributed by atoms with Crippen LogP contribution < -0.4 is 11.1 Å². The van der Waals surface area contributed by atoms with Crippen LogP contribution in [-0.4, -0.2) is 37.1 Å². The molecule has 0 bridgehead atoms. The minimum atomic E-state index is -5.49. The lowest BCUT2D eigenvalue weighted by atomic mass is 10.0. The number of carbonyl (C=O) groups is 1. The maximum absolute atomic E-state index is 12.5. The van der Waals surface area contributed by atoms with Gasteiger partial charge in [0.15, 0.2) is 0 Å². The molecule has 1 amide bonds. The predicted octanol–water partition coefficient (Wildman–Crippen LogP) is 1.02. The second-order valence-corrected chi connectivity index (χ2v) is 7.24. The molecule has 1 fully saturated rings. The number of hydrogen-bond donors (Lipinski definition) is 3. The quantitative estimate of drug-likeness (QED) is 0.752. The SMILES string of the molecule is N[C@H]1[C@@H](O)CC[C@H]1C(=O)Nc1cccc(S(=O)(=O)C(F)(F)F)c1. The Hall–Kier alpha value is -1.65. The van der Waals surface area contributed by atoms with Crippen molar-refractivity contribution in [3.05, 3.63) is 24.3 Å². The third-order valence-corrected chi connectivity index (χ3v) is 5.22. The van der Waals surface area contributed by atoms with E-state index in [1.54, 1.807) is 0 Å². The molecule has 1 aliphatic carbocycles. The molecule has 3 atom stereocenters. The number of halogens is 3. The largest absolute Gasteiger partial charge is 0.501 e. The highest BCUT2D eigenvalue weighted by atomic mass is 32.2. The Bertz CT molecular complexity index is 705. The van der Waals surface area contributed by atoms with E-state index in [1.165, 1.54) is 6.07 Å². The smallest absolute Gasteiger partial charge is 0.391 e. The van der Waals surface area contributed by atoms with Gasteiger partial charge >= 0.3 is 5.51 Å². The number of carbonyl (C=O) groups excluding carboxylic acids is 1. The Morgan fingerprint density at radius 2 is 1.96 bits per heavy atom. The standard InChI is InChI=1S/C13H15F3N2O4S/c14-13(15,16)23(21,22)8-3-1-2-7(6-8)18-12(20)9-4-5-10(19)11(9)17/h1-3,6,9-11,19H,4-5,17H2,(H,18,20)/t9-,10+,11-/m1/s1. The summed E-state index contributed by atoms with van der Waals surface area (Å²) in [6, 6.07) is 3.13. The average Bonchev–Trinajstić information content (AvgIpc) is 2.78.